The van der Waals surface area contributed by atoms with Crippen LogP contribution in [0, 0.1) is 5.92 Å². The largest absolute Gasteiger partial charge is 0.356 e. The minimum absolute atomic E-state index is 0.0741. The van der Waals surface area contributed by atoms with Crippen molar-refractivity contribution in [3.8, 4) is 0 Å². The monoisotopic (exact) mass is 318 g/mol. The minimum atomic E-state index is 0.0741. The van der Waals surface area contributed by atoms with Crippen LogP contribution in [0.25, 0.3) is 0 Å². The van der Waals surface area contributed by atoms with Crippen LogP contribution >= 0.6 is 0 Å². The van der Waals surface area contributed by atoms with Gasteiger partial charge in [0.1, 0.15) is 5.82 Å². The van der Waals surface area contributed by atoms with Gasteiger partial charge < -0.3 is 15.1 Å². The Hall–Kier alpha value is -1.78. The molecule has 1 fully saturated rings. The van der Waals surface area contributed by atoms with Crippen LogP contribution in [0.2, 0.25) is 0 Å². The van der Waals surface area contributed by atoms with Gasteiger partial charge in [-0.1, -0.05) is 19.9 Å². The summed E-state index contributed by atoms with van der Waals surface area (Å²) in [5.74, 6) is 1.51. The van der Waals surface area contributed by atoms with Gasteiger partial charge in [-0.3, -0.25) is 0 Å². The van der Waals surface area contributed by atoms with E-state index in [-0.39, 0.29) is 18.1 Å². The van der Waals surface area contributed by atoms with Crippen LogP contribution in [0.4, 0.5) is 10.6 Å². The van der Waals surface area contributed by atoms with Crippen molar-refractivity contribution in [1.82, 2.24) is 15.2 Å². The molecular weight excluding hydrogens is 288 g/mol. The molecular formula is C18H30N4O. The van der Waals surface area contributed by atoms with E-state index in [0.717, 1.165) is 38.3 Å². The fraction of sp³-hybridized carbons (Fsp3) is 0.667. The number of nitrogens with one attached hydrogen (secondary N) is 1. The predicted octanol–water partition coefficient (Wildman–Crippen LogP) is 3.13. The van der Waals surface area contributed by atoms with Gasteiger partial charge in [-0.05, 0) is 44.7 Å². The van der Waals surface area contributed by atoms with E-state index in [1.165, 1.54) is 0 Å². The molecule has 0 saturated carbocycles. The molecule has 1 aliphatic rings. The molecule has 5 nitrogen and oxygen atoms in total. The lowest BCUT2D eigenvalue weighted by Gasteiger charge is -2.35. The van der Waals surface area contributed by atoms with E-state index in [1.807, 2.05) is 29.3 Å². The van der Waals surface area contributed by atoms with Gasteiger partial charge in [-0.25, -0.2) is 9.78 Å². The second kappa shape index (κ2) is 8.18. The van der Waals surface area contributed by atoms with E-state index in [4.69, 9.17) is 0 Å². The molecule has 1 aromatic rings. The number of anilines is 1. The zero-order valence-corrected chi connectivity index (χ0v) is 14.8. The second-order valence-electron chi connectivity index (χ2n) is 7.04. The van der Waals surface area contributed by atoms with Gasteiger partial charge in [-0.2, -0.15) is 0 Å². The lowest BCUT2D eigenvalue weighted by atomic mass is 10.1. The quantitative estimate of drug-likeness (QED) is 0.907. The Morgan fingerprint density at radius 3 is 2.52 bits per heavy atom. The molecule has 0 bridgehead atoms. The number of pyridine rings is 1. The molecule has 2 rings (SSSR count). The van der Waals surface area contributed by atoms with E-state index >= 15 is 0 Å². The molecule has 128 valence electrons. The molecule has 0 atom stereocenters. The number of carbonyl (C=O) groups is 1. The number of aromatic nitrogens is 1. The molecule has 1 N–H and O–H groups in total. The third-order valence-electron chi connectivity index (χ3n) is 4.24. The third-order valence-corrected chi connectivity index (χ3v) is 4.24. The van der Waals surface area contributed by atoms with Crippen molar-refractivity contribution in [2.75, 3.05) is 24.5 Å². The van der Waals surface area contributed by atoms with Crippen molar-refractivity contribution >= 4 is 11.8 Å². The molecule has 0 radical (unpaired) electrons. The lowest BCUT2D eigenvalue weighted by Crippen LogP contribution is -2.51. The number of urea groups is 1. The normalized spacial score (nSPS) is 16.0. The Balaban J connectivity index is 1.84. The summed E-state index contributed by atoms with van der Waals surface area (Å²) in [6, 6.07) is 6.56. The highest BCUT2D eigenvalue weighted by Gasteiger charge is 2.24. The first kappa shape index (κ1) is 17.6. The van der Waals surface area contributed by atoms with Crippen LogP contribution in [-0.2, 0) is 0 Å². The van der Waals surface area contributed by atoms with Crippen molar-refractivity contribution in [3.63, 3.8) is 0 Å². The molecule has 0 spiro atoms. The summed E-state index contributed by atoms with van der Waals surface area (Å²) in [4.78, 5) is 21.2. The summed E-state index contributed by atoms with van der Waals surface area (Å²) >= 11 is 0. The van der Waals surface area contributed by atoms with Crippen LogP contribution in [0.3, 0.4) is 0 Å². The van der Waals surface area contributed by atoms with Gasteiger partial charge in [-0.15, -0.1) is 0 Å². The van der Waals surface area contributed by atoms with Crippen molar-refractivity contribution < 1.29 is 4.79 Å². The van der Waals surface area contributed by atoms with Crippen molar-refractivity contribution in [3.05, 3.63) is 24.4 Å². The van der Waals surface area contributed by atoms with Gasteiger partial charge >= 0.3 is 6.03 Å². The molecule has 2 heterocycles. The Bertz CT molecular complexity index is 481. The predicted molar refractivity (Wildman–Crippen MR) is 94.7 cm³/mol. The highest BCUT2D eigenvalue weighted by atomic mass is 16.2. The van der Waals surface area contributed by atoms with Crippen LogP contribution < -0.4 is 10.2 Å². The minimum Gasteiger partial charge on any atom is -0.356 e. The molecule has 1 saturated heterocycles. The molecule has 1 aliphatic heterocycles. The maximum absolute atomic E-state index is 12.5. The number of piperidine rings is 1. The Morgan fingerprint density at radius 2 is 2.00 bits per heavy atom. The van der Waals surface area contributed by atoms with Crippen LogP contribution in [-0.4, -0.2) is 47.6 Å². The van der Waals surface area contributed by atoms with E-state index in [1.54, 1.807) is 0 Å². The molecule has 2 amide bonds. The number of rotatable bonds is 5. The van der Waals surface area contributed by atoms with Crippen molar-refractivity contribution in [2.24, 2.45) is 5.92 Å². The summed E-state index contributed by atoms with van der Waals surface area (Å²) in [6.45, 7) is 11.1. The number of carbonyl (C=O) groups excluding carboxylic acids is 1. The standard InChI is InChI=1S/C18H30N4O/c1-14(2)13-22(15(3)4)18(23)20-16-8-11-21(12-9-16)17-7-5-6-10-19-17/h5-7,10,14-16H,8-9,11-13H2,1-4H3,(H,20,23). The topological polar surface area (TPSA) is 48.5 Å². The summed E-state index contributed by atoms with van der Waals surface area (Å²) in [5, 5.41) is 3.22. The molecule has 23 heavy (non-hydrogen) atoms. The van der Waals surface area contributed by atoms with E-state index < -0.39 is 0 Å². The van der Waals surface area contributed by atoms with E-state index in [0.29, 0.717) is 5.92 Å². The van der Waals surface area contributed by atoms with Gasteiger partial charge in [0.25, 0.3) is 0 Å². The SMILES string of the molecule is CC(C)CN(C(=O)NC1CCN(c2ccccn2)CC1)C(C)C. The highest BCUT2D eigenvalue weighted by molar-refractivity contribution is 5.74. The first-order valence-corrected chi connectivity index (χ1v) is 8.70. The average molecular weight is 318 g/mol. The molecule has 0 aromatic carbocycles. The lowest BCUT2D eigenvalue weighted by molar-refractivity contribution is 0.169. The Morgan fingerprint density at radius 1 is 1.30 bits per heavy atom. The van der Waals surface area contributed by atoms with Crippen LogP contribution in [0.5, 0.6) is 0 Å². The smallest absolute Gasteiger partial charge is 0.317 e. The van der Waals surface area contributed by atoms with E-state index in [2.05, 4.69) is 42.9 Å². The molecule has 0 unspecified atom stereocenters. The number of hydrogen-bond donors (Lipinski definition) is 1. The van der Waals surface area contributed by atoms with Gasteiger partial charge in [0.2, 0.25) is 0 Å². The first-order valence-electron chi connectivity index (χ1n) is 8.70. The molecule has 1 aromatic heterocycles. The summed E-state index contributed by atoms with van der Waals surface area (Å²) in [7, 11) is 0. The second-order valence-corrected chi connectivity index (χ2v) is 7.04. The highest BCUT2D eigenvalue weighted by Crippen LogP contribution is 2.17. The van der Waals surface area contributed by atoms with Crippen molar-refractivity contribution in [1.29, 1.82) is 0 Å². The maximum atomic E-state index is 12.5. The molecule has 5 heteroatoms. The zero-order valence-electron chi connectivity index (χ0n) is 14.8. The number of nitrogens with zero attached hydrogens (tertiary/aromatic N) is 3. The van der Waals surface area contributed by atoms with Gasteiger partial charge in [0.05, 0.1) is 0 Å². The Labute approximate surface area is 140 Å². The summed E-state index contributed by atoms with van der Waals surface area (Å²) < 4.78 is 0. The van der Waals surface area contributed by atoms with Gasteiger partial charge in [0, 0.05) is 37.9 Å². The average Bonchev–Trinajstić information content (AvgIpc) is 2.53. The first-order chi connectivity index (χ1) is 11.0. The summed E-state index contributed by atoms with van der Waals surface area (Å²) in [6.07, 6.45) is 3.77. The molecule has 0 aliphatic carbocycles. The number of hydrogen-bond acceptors (Lipinski definition) is 3. The maximum Gasteiger partial charge on any atom is 0.317 e. The fourth-order valence-corrected chi connectivity index (χ4v) is 2.97. The van der Waals surface area contributed by atoms with Crippen molar-refractivity contribution in [2.45, 2.75) is 52.6 Å². The Kier molecular flexibility index (Phi) is 6.25. The van der Waals surface area contributed by atoms with Crippen LogP contribution in [0.15, 0.2) is 24.4 Å². The zero-order chi connectivity index (χ0) is 16.8. The van der Waals surface area contributed by atoms with Gasteiger partial charge in [0.15, 0.2) is 0 Å². The van der Waals surface area contributed by atoms with E-state index in [9.17, 15) is 4.79 Å². The summed E-state index contributed by atoms with van der Waals surface area (Å²) in [5.41, 5.74) is 0. The fourth-order valence-electron chi connectivity index (χ4n) is 2.97. The van der Waals surface area contributed by atoms with Crippen LogP contribution in [0.1, 0.15) is 40.5 Å². The number of amides is 2. The third kappa shape index (κ3) is 5.12.